The topological polar surface area (TPSA) is 36.9 Å². The van der Waals surface area contributed by atoms with Crippen LogP contribution in [0.25, 0.3) is 0 Å². The highest BCUT2D eigenvalue weighted by atomic mass is 16.7. The van der Waals surface area contributed by atoms with Gasteiger partial charge < -0.3 is 18.9 Å². The Morgan fingerprint density at radius 1 is 1.17 bits per heavy atom. The van der Waals surface area contributed by atoms with Gasteiger partial charge in [0.1, 0.15) is 18.1 Å². The molecule has 0 fully saturated rings. The highest BCUT2D eigenvalue weighted by molar-refractivity contribution is 5.55. The molecule has 126 valence electrons. The van der Waals surface area contributed by atoms with Crippen molar-refractivity contribution in [2.75, 3.05) is 20.5 Å². The van der Waals surface area contributed by atoms with E-state index in [-0.39, 0.29) is 12.7 Å². The van der Waals surface area contributed by atoms with E-state index in [0.717, 1.165) is 35.0 Å². The molecule has 1 unspecified atom stereocenters. The molecule has 0 amide bonds. The Balaban J connectivity index is 2.01. The molecular formula is C20H22O4. The third kappa shape index (κ3) is 3.18. The zero-order valence-electron chi connectivity index (χ0n) is 14.1. The first-order valence-corrected chi connectivity index (χ1v) is 8.08. The molecule has 0 bridgehead atoms. The second-order valence-electron chi connectivity index (χ2n) is 5.58. The smallest absolute Gasteiger partial charge is 0.231 e. The Morgan fingerprint density at radius 2 is 1.88 bits per heavy atom. The summed E-state index contributed by atoms with van der Waals surface area (Å²) in [6.07, 6.45) is 2.68. The molecule has 24 heavy (non-hydrogen) atoms. The van der Waals surface area contributed by atoms with Crippen LogP contribution in [-0.4, -0.2) is 20.5 Å². The first-order chi connectivity index (χ1) is 11.8. The van der Waals surface area contributed by atoms with Gasteiger partial charge >= 0.3 is 0 Å². The van der Waals surface area contributed by atoms with Gasteiger partial charge in [-0.1, -0.05) is 31.7 Å². The quantitative estimate of drug-likeness (QED) is 0.701. The van der Waals surface area contributed by atoms with Crippen molar-refractivity contribution < 1.29 is 18.9 Å². The maximum atomic E-state index is 5.88. The third-order valence-corrected chi connectivity index (χ3v) is 4.16. The molecule has 0 saturated carbocycles. The van der Waals surface area contributed by atoms with Gasteiger partial charge in [-0.25, -0.2) is 0 Å². The Labute approximate surface area is 142 Å². The number of hydrogen-bond donors (Lipinski definition) is 0. The Hall–Kier alpha value is -2.62. The molecule has 2 aromatic rings. The third-order valence-electron chi connectivity index (χ3n) is 4.16. The summed E-state index contributed by atoms with van der Waals surface area (Å²) in [5.74, 6) is 3.35. The van der Waals surface area contributed by atoms with E-state index >= 15 is 0 Å². The Kier molecular flexibility index (Phi) is 4.94. The fraction of sp³-hybridized carbons (Fsp3) is 0.300. The molecule has 1 heterocycles. The summed E-state index contributed by atoms with van der Waals surface area (Å²) >= 11 is 0. The molecule has 3 rings (SSSR count). The highest BCUT2D eigenvalue weighted by Gasteiger charge is 2.23. The van der Waals surface area contributed by atoms with E-state index < -0.39 is 0 Å². The lowest BCUT2D eigenvalue weighted by Gasteiger charge is -2.20. The van der Waals surface area contributed by atoms with Crippen molar-refractivity contribution in [1.29, 1.82) is 0 Å². The molecule has 0 aromatic heterocycles. The van der Waals surface area contributed by atoms with Gasteiger partial charge in [0.15, 0.2) is 11.5 Å². The molecule has 0 N–H and O–H groups in total. The van der Waals surface area contributed by atoms with Gasteiger partial charge in [-0.05, 0) is 30.2 Å². The average molecular weight is 326 g/mol. The second-order valence-corrected chi connectivity index (χ2v) is 5.58. The van der Waals surface area contributed by atoms with Crippen molar-refractivity contribution in [2.45, 2.75) is 19.3 Å². The minimum atomic E-state index is 0.199. The van der Waals surface area contributed by atoms with Crippen molar-refractivity contribution in [1.82, 2.24) is 0 Å². The predicted molar refractivity (Wildman–Crippen MR) is 93.4 cm³/mol. The fourth-order valence-electron chi connectivity index (χ4n) is 2.96. The molecule has 4 heteroatoms. The number of fused-ring (bicyclic) bond motifs is 1. The van der Waals surface area contributed by atoms with E-state index in [2.05, 4.69) is 25.6 Å². The molecule has 1 atom stereocenters. The van der Waals surface area contributed by atoms with Gasteiger partial charge in [-0.15, -0.1) is 0 Å². The highest BCUT2D eigenvalue weighted by Crippen LogP contribution is 2.43. The van der Waals surface area contributed by atoms with Crippen molar-refractivity contribution in [3.63, 3.8) is 0 Å². The van der Waals surface area contributed by atoms with Crippen LogP contribution in [0.1, 0.15) is 30.4 Å². The predicted octanol–water partition coefficient (Wildman–Crippen LogP) is 4.53. The maximum Gasteiger partial charge on any atom is 0.231 e. The van der Waals surface area contributed by atoms with Gasteiger partial charge in [0.05, 0.1) is 7.11 Å². The zero-order valence-corrected chi connectivity index (χ0v) is 14.1. The minimum absolute atomic E-state index is 0.199. The van der Waals surface area contributed by atoms with E-state index in [9.17, 15) is 0 Å². The van der Waals surface area contributed by atoms with Crippen LogP contribution in [0.2, 0.25) is 0 Å². The van der Waals surface area contributed by atoms with Gasteiger partial charge in [0, 0.05) is 17.5 Å². The summed E-state index contributed by atoms with van der Waals surface area (Å²) in [6.45, 7) is 6.59. The van der Waals surface area contributed by atoms with Crippen LogP contribution in [0.3, 0.4) is 0 Å². The monoisotopic (exact) mass is 326 g/mol. The van der Waals surface area contributed by atoms with Crippen LogP contribution in [-0.2, 0) is 0 Å². The maximum absolute atomic E-state index is 5.88. The lowest BCUT2D eigenvalue weighted by molar-refractivity contribution is 0.174. The van der Waals surface area contributed by atoms with Crippen LogP contribution in [0.5, 0.6) is 23.0 Å². The number of ether oxygens (including phenoxy) is 4. The van der Waals surface area contributed by atoms with Gasteiger partial charge in [0.2, 0.25) is 6.79 Å². The van der Waals surface area contributed by atoms with E-state index in [4.69, 9.17) is 18.9 Å². The summed E-state index contributed by atoms with van der Waals surface area (Å²) in [7, 11) is 1.67. The molecule has 1 aliphatic rings. The second kappa shape index (κ2) is 7.30. The van der Waals surface area contributed by atoms with Crippen LogP contribution in [0.4, 0.5) is 0 Å². The summed E-state index contributed by atoms with van der Waals surface area (Å²) < 4.78 is 22.2. The van der Waals surface area contributed by atoms with E-state index in [1.54, 1.807) is 13.2 Å². The molecule has 2 aromatic carbocycles. The Bertz CT molecular complexity index is 706. The number of rotatable bonds is 7. The van der Waals surface area contributed by atoms with Crippen molar-refractivity contribution in [3.05, 3.63) is 60.2 Å². The lowest BCUT2D eigenvalue weighted by Crippen LogP contribution is -2.05. The fourth-order valence-corrected chi connectivity index (χ4v) is 2.96. The SMILES string of the molecule is C=CCOc1cc2c(cc1C(CC)c1ccc(OC)cc1)OCO2. The van der Waals surface area contributed by atoms with Crippen LogP contribution in [0, 0.1) is 0 Å². The number of hydrogen-bond acceptors (Lipinski definition) is 4. The van der Waals surface area contributed by atoms with Gasteiger partial charge in [0.25, 0.3) is 0 Å². The van der Waals surface area contributed by atoms with Crippen LogP contribution >= 0.6 is 0 Å². The van der Waals surface area contributed by atoms with Crippen molar-refractivity contribution in [3.8, 4) is 23.0 Å². The largest absolute Gasteiger partial charge is 0.497 e. The normalized spacial score (nSPS) is 13.4. The summed E-state index contributed by atoms with van der Waals surface area (Å²) in [5.41, 5.74) is 2.30. The summed E-state index contributed by atoms with van der Waals surface area (Å²) in [5, 5.41) is 0. The van der Waals surface area contributed by atoms with Gasteiger partial charge in [-0.3, -0.25) is 0 Å². The van der Waals surface area contributed by atoms with E-state index in [0.29, 0.717) is 6.61 Å². The van der Waals surface area contributed by atoms with E-state index in [1.165, 1.54) is 5.56 Å². The first-order valence-electron chi connectivity index (χ1n) is 8.08. The molecule has 0 aliphatic carbocycles. The van der Waals surface area contributed by atoms with Crippen molar-refractivity contribution >= 4 is 0 Å². The Morgan fingerprint density at radius 3 is 2.50 bits per heavy atom. The molecule has 0 radical (unpaired) electrons. The average Bonchev–Trinajstić information content (AvgIpc) is 3.08. The summed E-state index contributed by atoms with van der Waals surface area (Å²) in [4.78, 5) is 0. The molecular weight excluding hydrogens is 304 g/mol. The van der Waals surface area contributed by atoms with E-state index in [1.807, 2.05) is 24.3 Å². The number of benzene rings is 2. The summed E-state index contributed by atoms with van der Waals surface area (Å²) in [6, 6.07) is 12.1. The minimum Gasteiger partial charge on any atom is -0.497 e. The number of methoxy groups -OCH3 is 1. The molecule has 1 aliphatic heterocycles. The van der Waals surface area contributed by atoms with Crippen LogP contribution in [0.15, 0.2) is 49.1 Å². The molecule has 0 saturated heterocycles. The van der Waals surface area contributed by atoms with Crippen molar-refractivity contribution in [2.24, 2.45) is 0 Å². The molecule has 0 spiro atoms. The van der Waals surface area contributed by atoms with Crippen LogP contribution < -0.4 is 18.9 Å². The molecule has 4 nitrogen and oxygen atoms in total. The standard InChI is InChI=1S/C20H22O4/c1-4-10-22-18-12-20-19(23-13-24-20)11-17(18)16(5-2)14-6-8-15(21-3)9-7-14/h4,6-9,11-12,16H,1,5,10,13H2,2-3H3. The zero-order chi connectivity index (χ0) is 16.9. The van der Waals surface area contributed by atoms with Gasteiger partial charge in [-0.2, -0.15) is 0 Å². The lowest BCUT2D eigenvalue weighted by atomic mass is 9.88. The first kappa shape index (κ1) is 16.2.